The van der Waals surface area contributed by atoms with Crippen LogP contribution in [0.5, 0.6) is 0 Å². The van der Waals surface area contributed by atoms with Crippen LogP contribution in [-0.4, -0.2) is 11.9 Å². The van der Waals surface area contributed by atoms with Crippen LogP contribution < -0.4 is 16.4 Å². The van der Waals surface area contributed by atoms with Crippen molar-refractivity contribution >= 4 is 17.6 Å². The molecule has 0 bridgehead atoms. The second-order valence-electron chi connectivity index (χ2n) is 4.74. The minimum Gasteiger partial charge on any atom is -0.384 e. The molecule has 5 nitrogen and oxygen atoms in total. The molecule has 5 N–H and O–H groups in total. The van der Waals surface area contributed by atoms with Crippen molar-refractivity contribution < 1.29 is 4.79 Å². The van der Waals surface area contributed by atoms with Crippen LogP contribution in [-0.2, 0) is 6.54 Å². The molecule has 0 aliphatic rings. The summed E-state index contributed by atoms with van der Waals surface area (Å²) in [5, 5.41) is 13.0. The molecule has 2 amide bonds. The number of carbonyl (C=O) groups is 1. The molecule has 2 aromatic carbocycles. The van der Waals surface area contributed by atoms with Crippen LogP contribution in [0.3, 0.4) is 0 Å². The van der Waals surface area contributed by atoms with Crippen LogP contribution in [0.15, 0.2) is 48.5 Å². The molecule has 0 radical (unpaired) electrons. The highest BCUT2D eigenvalue weighted by Crippen LogP contribution is 2.16. The van der Waals surface area contributed by atoms with E-state index < -0.39 is 0 Å². The summed E-state index contributed by atoms with van der Waals surface area (Å²) in [7, 11) is 0. The average Bonchev–Trinajstić information content (AvgIpc) is 2.48. The van der Waals surface area contributed by atoms with Crippen LogP contribution in [0.4, 0.5) is 10.5 Å². The Bertz CT molecular complexity index is 653. The van der Waals surface area contributed by atoms with E-state index in [1.807, 2.05) is 43.3 Å². The summed E-state index contributed by atoms with van der Waals surface area (Å²) in [6.07, 6.45) is 0. The lowest BCUT2D eigenvalue weighted by atomic mass is 10.1. The Labute approximate surface area is 123 Å². The van der Waals surface area contributed by atoms with Gasteiger partial charge in [0.2, 0.25) is 0 Å². The van der Waals surface area contributed by atoms with Gasteiger partial charge in [-0.3, -0.25) is 5.41 Å². The number of anilines is 1. The van der Waals surface area contributed by atoms with E-state index in [1.54, 1.807) is 12.1 Å². The van der Waals surface area contributed by atoms with Gasteiger partial charge in [0.15, 0.2) is 0 Å². The monoisotopic (exact) mass is 282 g/mol. The zero-order valence-corrected chi connectivity index (χ0v) is 11.8. The molecule has 0 heterocycles. The third-order valence-electron chi connectivity index (χ3n) is 3.09. The minimum absolute atomic E-state index is 0.0252. The molecule has 2 aromatic rings. The number of nitrogens with two attached hydrogens (primary N) is 1. The normalized spacial score (nSPS) is 9.95. The van der Waals surface area contributed by atoms with Gasteiger partial charge < -0.3 is 16.4 Å². The fraction of sp³-hybridized carbons (Fsp3) is 0.125. The van der Waals surface area contributed by atoms with Crippen molar-refractivity contribution in [2.45, 2.75) is 13.5 Å². The van der Waals surface area contributed by atoms with Crippen molar-refractivity contribution in [1.82, 2.24) is 5.32 Å². The third-order valence-corrected chi connectivity index (χ3v) is 3.09. The van der Waals surface area contributed by atoms with Gasteiger partial charge in [0, 0.05) is 17.8 Å². The molecule has 0 spiro atoms. The maximum atomic E-state index is 11.9. The second kappa shape index (κ2) is 6.56. The van der Waals surface area contributed by atoms with E-state index in [2.05, 4.69) is 10.6 Å². The first-order valence-electron chi connectivity index (χ1n) is 6.60. The minimum atomic E-state index is -0.289. The Balaban J connectivity index is 1.99. The summed E-state index contributed by atoms with van der Waals surface area (Å²) < 4.78 is 0. The highest BCUT2D eigenvalue weighted by molar-refractivity contribution is 5.97. The van der Waals surface area contributed by atoms with Crippen LogP contribution in [0.2, 0.25) is 0 Å². The predicted octanol–water partition coefficient (Wildman–Crippen LogP) is 2.60. The maximum absolute atomic E-state index is 11.9. The molecule has 0 unspecified atom stereocenters. The van der Waals surface area contributed by atoms with Gasteiger partial charge in [-0.25, -0.2) is 4.79 Å². The van der Waals surface area contributed by atoms with Gasteiger partial charge in [0.1, 0.15) is 5.84 Å². The molecule has 21 heavy (non-hydrogen) atoms. The smallest absolute Gasteiger partial charge is 0.319 e. The number of aryl methyl sites for hydroxylation is 1. The average molecular weight is 282 g/mol. The molecular formula is C16H18N4O. The van der Waals surface area contributed by atoms with Gasteiger partial charge in [0.05, 0.1) is 0 Å². The number of hydrogen-bond donors (Lipinski definition) is 4. The number of nitrogen functional groups attached to an aromatic ring is 1. The summed E-state index contributed by atoms with van der Waals surface area (Å²) in [5.41, 5.74) is 8.62. The molecule has 0 aromatic heterocycles. The molecule has 5 heteroatoms. The van der Waals surface area contributed by atoms with E-state index in [0.717, 1.165) is 11.1 Å². The van der Waals surface area contributed by atoms with Crippen LogP contribution in [0.25, 0.3) is 0 Å². The van der Waals surface area contributed by atoms with E-state index >= 15 is 0 Å². The van der Waals surface area contributed by atoms with Crippen molar-refractivity contribution in [2.75, 3.05) is 5.32 Å². The van der Waals surface area contributed by atoms with E-state index in [-0.39, 0.29) is 11.9 Å². The molecule has 108 valence electrons. The van der Waals surface area contributed by atoms with Crippen molar-refractivity contribution in [2.24, 2.45) is 5.73 Å². The number of amides is 2. The molecule has 2 rings (SSSR count). The number of benzene rings is 2. The number of hydrogen-bond acceptors (Lipinski definition) is 2. The predicted molar refractivity (Wildman–Crippen MR) is 84.5 cm³/mol. The highest BCUT2D eigenvalue weighted by atomic mass is 16.2. The maximum Gasteiger partial charge on any atom is 0.319 e. The Kier molecular flexibility index (Phi) is 4.56. The number of rotatable bonds is 4. The van der Waals surface area contributed by atoms with Gasteiger partial charge >= 0.3 is 6.03 Å². The fourth-order valence-electron chi connectivity index (χ4n) is 1.87. The lowest BCUT2D eigenvalue weighted by Gasteiger charge is -2.11. The number of nitrogens with one attached hydrogen (secondary N) is 3. The summed E-state index contributed by atoms with van der Waals surface area (Å²) in [6, 6.07) is 14.7. The molecule has 0 aliphatic heterocycles. The lowest BCUT2D eigenvalue weighted by molar-refractivity contribution is 0.251. The van der Waals surface area contributed by atoms with E-state index in [1.165, 1.54) is 0 Å². The lowest BCUT2D eigenvalue weighted by Crippen LogP contribution is -2.28. The first kappa shape index (κ1) is 14.6. The Morgan fingerprint density at radius 2 is 1.90 bits per heavy atom. The topological polar surface area (TPSA) is 91.0 Å². The molecule has 0 aliphatic carbocycles. The van der Waals surface area contributed by atoms with Crippen LogP contribution in [0.1, 0.15) is 16.7 Å². The van der Waals surface area contributed by atoms with Crippen molar-refractivity contribution in [3.63, 3.8) is 0 Å². The first-order valence-corrected chi connectivity index (χ1v) is 6.60. The van der Waals surface area contributed by atoms with Gasteiger partial charge in [-0.1, -0.05) is 42.5 Å². The molecule has 0 fully saturated rings. The van der Waals surface area contributed by atoms with E-state index in [4.69, 9.17) is 11.1 Å². The van der Waals surface area contributed by atoms with Gasteiger partial charge in [-0.2, -0.15) is 0 Å². The highest BCUT2D eigenvalue weighted by Gasteiger charge is 2.06. The molecule has 0 saturated carbocycles. The van der Waals surface area contributed by atoms with E-state index in [0.29, 0.717) is 17.8 Å². The van der Waals surface area contributed by atoms with Crippen molar-refractivity contribution in [1.29, 1.82) is 5.41 Å². The van der Waals surface area contributed by atoms with Gasteiger partial charge in [-0.15, -0.1) is 0 Å². The quantitative estimate of drug-likeness (QED) is 0.513. The SMILES string of the molecule is Cc1ccc(C(=N)N)cc1NC(=O)NCc1ccccc1. The van der Waals surface area contributed by atoms with Crippen molar-refractivity contribution in [3.05, 3.63) is 65.2 Å². The molecular weight excluding hydrogens is 264 g/mol. The Hall–Kier alpha value is -2.82. The summed E-state index contributed by atoms with van der Waals surface area (Å²) in [6.45, 7) is 2.34. The fourth-order valence-corrected chi connectivity index (χ4v) is 1.87. The zero-order valence-electron chi connectivity index (χ0n) is 11.8. The van der Waals surface area contributed by atoms with Crippen molar-refractivity contribution in [3.8, 4) is 0 Å². The summed E-state index contributed by atoms with van der Waals surface area (Å²) in [4.78, 5) is 11.9. The summed E-state index contributed by atoms with van der Waals surface area (Å²) in [5.74, 6) is -0.0252. The number of carbonyl (C=O) groups excluding carboxylic acids is 1. The third kappa shape index (κ3) is 4.07. The largest absolute Gasteiger partial charge is 0.384 e. The van der Waals surface area contributed by atoms with Gasteiger partial charge in [0.25, 0.3) is 0 Å². The summed E-state index contributed by atoms with van der Waals surface area (Å²) >= 11 is 0. The number of urea groups is 1. The van der Waals surface area contributed by atoms with Crippen LogP contribution >= 0.6 is 0 Å². The zero-order chi connectivity index (χ0) is 15.2. The van der Waals surface area contributed by atoms with Crippen LogP contribution in [0, 0.1) is 12.3 Å². The second-order valence-corrected chi connectivity index (χ2v) is 4.74. The Morgan fingerprint density at radius 1 is 1.19 bits per heavy atom. The Morgan fingerprint density at radius 3 is 2.57 bits per heavy atom. The van der Waals surface area contributed by atoms with E-state index in [9.17, 15) is 4.79 Å². The standard InChI is InChI=1S/C16H18N4O/c1-11-7-8-13(15(17)18)9-14(11)20-16(21)19-10-12-5-3-2-4-6-12/h2-9H,10H2,1H3,(H3,17,18)(H2,19,20,21). The number of amidine groups is 1. The van der Waals surface area contributed by atoms with Gasteiger partial charge in [-0.05, 0) is 24.1 Å². The molecule has 0 saturated heterocycles. The molecule has 0 atom stereocenters. The first-order chi connectivity index (χ1) is 10.1.